The minimum absolute atomic E-state index is 0. The summed E-state index contributed by atoms with van der Waals surface area (Å²) in [6, 6.07) is 6.76. The highest BCUT2D eigenvalue weighted by atomic mass is 127. The van der Waals surface area contributed by atoms with Crippen LogP contribution in [0.2, 0.25) is 0 Å². The van der Waals surface area contributed by atoms with Gasteiger partial charge in [0.1, 0.15) is 18.0 Å². The SMILES string of the molecule is CCc1nncn1CCNC(=NCCCSC)N1CCN(c2ccc(F)cc2)CC1.I. The summed E-state index contributed by atoms with van der Waals surface area (Å²) in [5, 5.41) is 11.7. The van der Waals surface area contributed by atoms with Gasteiger partial charge in [0.2, 0.25) is 0 Å². The third-order valence-electron chi connectivity index (χ3n) is 5.19. The van der Waals surface area contributed by atoms with Gasteiger partial charge >= 0.3 is 0 Å². The number of hydrogen-bond acceptors (Lipinski definition) is 5. The zero-order valence-electron chi connectivity index (χ0n) is 18.3. The maximum absolute atomic E-state index is 13.2. The Balaban J connectivity index is 0.00000341. The Labute approximate surface area is 205 Å². The smallest absolute Gasteiger partial charge is 0.194 e. The predicted molar refractivity (Wildman–Crippen MR) is 138 cm³/mol. The Kier molecular flexibility index (Phi) is 11.4. The van der Waals surface area contributed by atoms with Crippen molar-refractivity contribution in [3.05, 3.63) is 42.2 Å². The Morgan fingerprint density at radius 1 is 1.19 bits per heavy atom. The first-order valence-electron chi connectivity index (χ1n) is 10.6. The molecule has 0 radical (unpaired) electrons. The molecule has 2 heterocycles. The third kappa shape index (κ3) is 7.81. The lowest BCUT2D eigenvalue weighted by atomic mass is 10.2. The number of piperazine rings is 1. The summed E-state index contributed by atoms with van der Waals surface area (Å²) in [5.74, 6) is 2.90. The zero-order valence-corrected chi connectivity index (χ0v) is 21.5. The number of aromatic nitrogens is 3. The fraction of sp³-hybridized carbons (Fsp3) is 0.571. The minimum atomic E-state index is -0.194. The molecule has 2 aromatic rings. The topological polar surface area (TPSA) is 61.6 Å². The van der Waals surface area contributed by atoms with Gasteiger partial charge in [-0.1, -0.05) is 6.92 Å². The van der Waals surface area contributed by atoms with Crippen molar-refractivity contribution in [2.75, 3.05) is 56.2 Å². The molecule has 0 atom stereocenters. The fourth-order valence-corrected chi connectivity index (χ4v) is 3.94. The largest absolute Gasteiger partial charge is 0.368 e. The van der Waals surface area contributed by atoms with Crippen LogP contribution in [0.1, 0.15) is 19.2 Å². The van der Waals surface area contributed by atoms with E-state index in [0.717, 1.165) is 81.9 Å². The normalized spacial score (nSPS) is 14.5. The second-order valence-electron chi connectivity index (χ2n) is 7.22. The Morgan fingerprint density at radius 2 is 1.94 bits per heavy atom. The van der Waals surface area contributed by atoms with Gasteiger partial charge in [-0.15, -0.1) is 34.2 Å². The number of guanidine groups is 1. The molecular weight excluding hydrogens is 528 g/mol. The predicted octanol–water partition coefficient (Wildman–Crippen LogP) is 3.12. The van der Waals surface area contributed by atoms with Gasteiger partial charge in [-0.2, -0.15) is 11.8 Å². The number of nitrogens with zero attached hydrogens (tertiary/aromatic N) is 6. The molecule has 10 heteroatoms. The van der Waals surface area contributed by atoms with Crippen molar-refractivity contribution >= 4 is 47.4 Å². The van der Waals surface area contributed by atoms with E-state index in [2.05, 4.69) is 43.1 Å². The number of nitrogens with one attached hydrogen (secondary N) is 1. The van der Waals surface area contributed by atoms with Crippen molar-refractivity contribution in [2.45, 2.75) is 26.3 Å². The zero-order chi connectivity index (χ0) is 21.2. The van der Waals surface area contributed by atoms with Gasteiger partial charge in [0.25, 0.3) is 0 Å². The van der Waals surface area contributed by atoms with Gasteiger partial charge in [-0.25, -0.2) is 4.39 Å². The molecule has 7 nitrogen and oxygen atoms in total. The van der Waals surface area contributed by atoms with Crippen molar-refractivity contribution in [3.8, 4) is 0 Å². The van der Waals surface area contributed by atoms with Crippen LogP contribution in [-0.2, 0) is 13.0 Å². The number of hydrogen-bond donors (Lipinski definition) is 1. The Hall–Kier alpha value is -1.56. The lowest BCUT2D eigenvalue weighted by Gasteiger charge is -2.37. The Morgan fingerprint density at radius 3 is 2.61 bits per heavy atom. The molecule has 0 unspecified atom stereocenters. The highest BCUT2D eigenvalue weighted by Crippen LogP contribution is 2.17. The van der Waals surface area contributed by atoms with E-state index in [0.29, 0.717) is 0 Å². The summed E-state index contributed by atoms with van der Waals surface area (Å²) in [4.78, 5) is 9.49. The molecule has 3 rings (SSSR count). The van der Waals surface area contributed by atoms with Gasteiger partial charge in [0, 0.05) is 57.9 Å². The first kappa shape index (κ1) is 25.7. The summed E-state index contributed by atoms with van der Waals surface area (Å²) in [6.07, 6.45) is 5.87. The molecule has 1 saturated heterocycles. The van der Waals surface area contributed by atoms with Crippen LogP contribution in [-0.4, -0.2) is 76.9 Å². The van der Waals surface area contributed by atoms with Gasteiger partial charge < -0.3 is 19.7 Å². The Bertz CT molecular complexity index is 791. The molecule has 0 aliphatic carbocycles. The molecular formula is C21H33FIN7S. The van der Waals surface area contributed by atoms with Crippen molar-refractivity contribution in [2.24, 2.45) is 4.99 Å². The van der Waals surface area contributed by atoms with E-state index < -0.39 is 0 Å². The molecule has 172 valence electrons. The lowest BCUT2D eigenvalue weighted by molar-refractivity contribution is 0.370. The van der Waals surface area contributed by atoms with Gasteiger partial charge in [0.05, 0.1) is 0 Å². The maximum atomic E-state index is 13.2. The molecule has 0 spiro atoms. The van der Waals surface area contributed by atoms with Crippen LogP contribution in [0.4, 0.5) is 10.1 Å². The number of benzene rings is 1. The summed E-state index contributed by atoms with van der Waals surface area (Å²) in [7, 11) is 0. The molecule has 0 bridgehead atoms. The summed E-state index contributed by atoms with van der Waals surface area (Å²) in [5.41, 5.74) is 1.07. The highest BCUT2D eigenvalue weighted by molar-refractivity contribution is 14.0. The van der Waals surface area contributed by atoms with E-state index in [-0.39, 0.29) is 29.8 Å². The molecule has 1 aliphatic heterocycles. The second kappa shape index (κ2) is 13.8. The lowest BCUT2D eigenvalue weighted by Crippen LogP contribution is -2.53. The highest BCUT2D eigenvalue weighted by Gasteiger charge is 2.20. The van der Waals surface area contributed by atoms with E-state index in [1.807, 2.05) is 23.9 Å². The van der Waals surface area contributed by atoms with Crippen LogP contribution in [0.15, 0.2) is 35.6 Å². The number of halogens is 2. The first-order valence-corrected chi connectivity index (χ1v) is 12.0. The van der Waals surface area contributed by atoms with Crippen molar-refractivity contribution in [1.29, 1.82) is 0 Å². The molecule has 31 heavy (non-hydrogen) atoms. The van der Waals surface area contributed by atoms with Crippen LogP contribution in [0.3, 0.4) is 0 Å². The van der Waals surface area contributed by atoms with Crippen molar-refractivity contribution in [3.63, 3.8) is 0 Å². The number of aliphatic imine (C=N–C) groups is 1. The van der Waals surface area contributed by atoms with Crippen LogP contribution >= 0.6 is 35.7 Å². The average Bonchev–Trinajstić information content (AvgIpc) is 3.24. The fourth-order valence-electron chi connectivity index (χ4n) is 3.52. The molecule has 0 saturated carbocycles. The van der Waals surface area contributed by atoms with Crippen LogP contribution in [0.5, 0.6) is 0 Å². The quantitative estimate of drug-likeness (QED) is 0.220. The maximum Gasteiger partial charge on any atom is 0.194 e. The third-order valence-corrected chi connectivity index (χ3v) is 5.88. The molecule has 1 N–H and O–H groups in total. The van der Waals surface area contributed by atoms with E-state index >= 15 is 0 Å². The number of anilines is 1. The molecule has 0 amide bonds. The molecule has 1 aromatic heterocycles. The van der Waals surface area contributed by atoms with Gasteiger partial charge in [-0.3, -0.25) is 4.99 Å². The van der Waals surface area contributed by atoms with E-state index in [1.54, 1.807) is 6.33 Å². The molecule has 1 fully saturated rings. The standard InChI is InChI=1S/C21H32FN7S.HI/c1-3-20-26-25-17-29(20)11-10-24-21(23-9-4-16-30-2)28-14-12-27(13-15-28)19-7-5-18(22)6-8-19;/h5-8,17H,3-4,9-16H2,1-2H3,(H,23,24);1H. The van der Waals surface area contributed by atoms with Gasteiger partial charge in [-0.05, 0) is 42.7 Å². The molecule has 1 aliphatic rings. The summed E-state index contributed by atoms with van der Waals surface area (Å²) >= 11 is 1.85. The number of thioether (sulfide) groups is 1. The van der Waals surface area contributed by atoms with Crippen molar-refractivity contribution in [1.82, 2.24) is 25.0 Å². The van der Waals surface area contributed by atoms with E-state index in [9.17, 15) is 4.39 Å². The summed E-state index contributed by atoms with van der Waals surface area (Å²) < 4.78 is 15.3. The van der Waals surface area contributed by atoms with Crippen LogP contribution in [0, 0.1) is 5.82 Å². The van der Waals surface area contributed by atoms with E-state index in [1.165, 1.54) is 12.1 Å². The monoisotopic (exact) mass is 561 g/mol. The summed E-state index contributed by atoms with van der Waals surface area (Å²) in [6.45, 7) is 8.07. The van der Waals surface area contributed by atoms with Crippen LogP contribution in [0.25, 0.3) is 0 Å². The average molecular weight is 562 g/mol. The van der Waals surface area contributed by atoms with Gasteiger partial charge in [0.15, 0.2) is 5.96 Å². The first-order chi connectivity index (χ1) is 14.7. The molecule has 1 aromatic carbocycles. The van der Waals surface area contributed by atoms with Crippen molar-refractivity contribution < 1.29 is 4.39 Å². The minimum Gasteiger partial charge on any atom is -0.368 e. The number of aryl methyl sites for hydroxylation is 1. The van der Waals surface area contributed by atoms with Crippen LogP contribution < -0.4 is 10.2 Å². The van der Waals surface area contributed by atoms with E-state index in [4.69, 9.17) is 4.99 Å². The second-order valence-corrected chi connectivity index (χ2v) is 8.21. The number of rotatable bonds is 9.